The van der Waals surface area contributed by atoms with E-state index in [1.165, 1.54) is 25.3 Å². The van der Waals surface area contributed by atoms with Gasteiger partial charge in [-0.3, -0.25) is 4.79 Å². The molecule has 2 aromatic carbocycles. The summed E-state index contributed by atoms with van der Waals surface area (Å²) in [6, 6.07) is 12.2. The molecule has 6 heteroatoms. The van der Waals surface area contributed by atoms with E-state index in [-0.39, 0.29) is 5.75 Å². The molecule has 5 nitrogen and oxygen atoms in total. The second kappa shape index (κ2) is 8.10. The maximum atomic E-state index is 13.6. The average molecular weight is 331 g/mol. The van der Waals surface area contributed by atoms with Gasteiger partial charge in [0.1, 0.15) is 0 Å². The first-order chi connectivity index (χ1) is 11.5. The molecule has 0 fully saturated rings. The van der Waals surface area contributed by atoms with Crippen LogP contribution in [0.4, 0.5) is 10.1 Å². The van der Waals surface area contributed by atoms with Crippen molar-refractivity contribution in [3.05, 3.63) is 59.9 Å². The number of carbonyl (C=O) groups is 2. The second-order valence-electron chi connectivity index (χ2n) is 5.01. The van der Waals surface area contributed by atoms with E-state index in [9.17, 15) is 14.0 Å². The molecule has 0 aromatic heterocycles. The molecule has 0 saturated carbocycles. The number of hydrogen-bond acceptors (Lipinski definition) is 4. The molecular formula is C18H18FNO4. The van der Waals surface area contributed by atoms with Gasteiger partial charge in [0, 0.05) is 5.69 Å². The fourth-order valence-corrected chi connectivity index (χ4v) is 2.08. The molecule has 0 unspecified atom stereocenters. The van der Waals surface area contributed by atoms with Crippen LogP contribution in [0.5, 0.6) is 5.75 Å². The monoisotopic (exact) mass is 331 g/mol. The van der Waals surface area contributed by atoms with Gasteiger partial charge in [-0.15, -0.1) is 0 Å². The van der Waals surface area contributed by atoms with Crippen LogP contribution in [0.1, 0.15) is 23.7 Å². The lowest BCUT2D eigenvalue weighted by Crippen LogP contribution is -2.32. The first kappa shape index (κ1) is 17.5. The third-order valence-corrected chi connectivity index (χ3v) is 3.32. The first-order valence-corrected chi connectivity index (χ1v) is 7.45. The lowest BCUT2D eigenvalue weighted by atomic mass is 10.2. The normalized spacial score (nSPS) is 11.5. The Labute approximate surface area is 139 Å². The highest BCUT2D eigenvalue weighted by Crippen LogP contribution is 2.19. The number of methoxy groups -OCH3 is 1. The summed E-state index contributed by atoms with van der Waals surface area (Å²) in [6.45, 7) is 1.76. The molecule has 0 aliphatic heterocycles. The molecule has 24 heavy (non-hydrogen) atoms. The topological polar surface area (TPSA) is 64.6 Å². The van der Waals surface area contributed by atoms with E-state index in [2.05, 4.69) is 10.1 Å². The molecule has 0 bridgehead atoms. The minimum atomic E-state index is -0.858. The van der Waals surface area contributed by atoms with Gasteiger partial charge in [0.05, 0.1) is 12.7 Å². The number of rotatable bonds is 6. The molecule has 0 heterocycles. The standard InChI is InChI=1S/C18H18FNO4/c1-3-15(24-16-10-5-4-9-14(16)19)17(21)20-13-8-6-7-12(11-13)18(22)23-2/h4-11,15H,3H2,1-2H3,(H,20,21)/t15-/m1/s1. The summed E-state index contributed by atoms with van der Waals surface area (Å²) in [4.78, 5) is 23.9. The van der Waals surface area contributed by atoms with Crippen molar-refractivity contribution in [2.45, 2.75) is 19.4 Å². The van der Waals surface area contributed by atoms with E-state index in [4.69, 9.17) is 4.74 Å². The van der Waals surface area contributed by atoms with Crippen molar-refractivity contribution in [1.29, 1.82) is 0 Å². The molecule has 126 valence electrons. The van der Waals surface area contributed by atoms with Crippen LogP contribution in [-0.2, 0) is 9.53 Å². The van der Waals surface area contributed by atoms with Gasteiger partial charge in [0.25, 0.3) is 5.91 Å². The van der Waals surface area contributed by atoms with Crippen LogP contribution in [0, 0.1) is 5.82 Å². The minimum absolute atomic E-state index is 0.0165. The Hall–Kier alpha value is -2.89. The number of amides is 1. The fraction of sp³-hybridized carbons (Fsp3) is 0.222. The number of benzene rings is 2. The van der Waals surface area contributed by atoms with E-state index in [1.54, 1.807) is 37.3 Å². The first-order valence-electron chi connectivity index (χ1n) is 7.45. The van der Waals surface area contributed by atoms with Gasteiger partial charge in [-0.25, -0.2) is 9.18 Å². The average Bonchev–Trinajstić information content (AvgIpc) is 2.60. The third kappa shape index (κ3) is 4.32. The molecule has 2 rings (SSSR count). The quantitative estimate of drug-likeness (QED) is 0.824. The van der Waals surface area contributed by atoms with E-state index < -0.39 is 23.8 Å². The Morgan fingerprint density at radius 2 is 1.92 bits per heavy atom. The Kier molecular flexibility index (Phi) is 5.89. The zero-order valence-corrected chi connectivity index (χ0v) is 13.4. The molecule has 0 radical (unpaired) electrons. The zero-order chi connectivity index (χ0) is 17.5. The number of halogens is 1. The van der Waals surface area contributed by atoms with Crippen molar-refractivity contribution in [1.82, 2.24) is 0 Å². The number of hydrogen-bond donors (Lipinski definition) is 1. The summed E-state index contributed by atoms with van der Waals surface area (Å²) in [6.07, 6.45) is -0.500. The summed E-state index contributed by atoms with van der Waals surface area (Å²) in [7, 11) is 1.28. The Bertz CT molecular complexity index is 732. The van der Waals surface area contributed by atoms with Crippen molar-refractivity contribution < 1.29 is 23.5 Å². The van der Waals surface area contributed by atoms with Gasteiger partial charge in [0.2, 0.25) is 0 Å². The highest BCUT2D eigenvalue weighted by Gasteiger charge is 2.20. The zero-order valence-electron chi connectivity index (χ0n) is 13.4. The van der Waals surface area contributed by atoms with Gasteiger partial charge < -0.3 is 14.8 Å². The van der Waals surface area contributed by atoms with Crippen LogP contribution < -0.4 is 10.1 Å². The number of anilines is 1. The van der Waals surface area contributed by atoms with Crippen LogP contribution in [0.3, 0.4) is 0 Å². The number of para-hydroxylation sites is 1. The lowest BCUT2D eigenvalue weighted by Gasteiger charge is -2.17. The maximum Gasteiger partial charge on any atom is 0.337 e. The lowest BCUT2D eigenvalue weighted by molar-refractivity contribution is -0.122. The van der Waals surface area contributed by atoms with E-state index in [0.717, 1.165) is 0 Å². The molecule has 2 aromatic rings. The molecule has 1 atom stereocenters. The molecule has 0 aliphatic carbocycles. The van der Waals surface area contributed by atoms with E-state index in [1.807, 2.05) is 0 Å². The number of ether oxygens (including phenoxy) is 2. The van der Waals surface area contributed by atoms with Crippen molar-refractivity contribution in [3.8, 4) is 5.75 Å². The van der Waals surface area contributed by atoms with Crippen LogP contribution in [-0.4, -0.2) is 25.1 Å². The van der Waals surface area contributed by atoms with Crippen LogP contribution in [0.15, 0.2) is 48.5 Å². The Morgan fingerprint density at radius 3 is 2.58 bits per heavy atom. The molecular weight excluding hydrogens is 313 g/mol. The molecule has 0 aliphatic rings. The van der Waals surface area contributed by atoms with Crippen LogP contribution >= 0.6 is 0 Å². The molecule has 0 saturated heterocycles. The summed E-state index contributed by atoms with van der Waals surface area (Å²) >= 11 is 0. The highest BCUT2D eigenvalue weighted by atomic mass is 19.1. The largest absolute Gasteiger partial charge is 0.478 e. The van der Waals surface area contributed by atoms with Gasteiger partial charge in [0.15, 0.2) is 17.7 Å². The summed E-state index contributed by atoms with van der Waals surface area (Å²) < 4.78 is 23.7. The smallest absolute Gasteiger partial charge is 0.337 e. The van der Waals surface area contributed by atoms with Gasteiger partial charge in [-0.05, 0) is 36.8 Å². The molecule has 1 N–H and O–H groups in total. The summed E-state index contributed by atoms with van der Waals surface area (Å²) in [5.41, 5.74) is 0.747. The fourth-order valence-electron chi connectivity index (χ4n) is 2.08. The van der Waals surface area contributed by atoms with Gasteiger partial charge in [-0.2, -0.15) is 0 Å². The number of carbonyl (C=O) groups excluding carboxylic acids is 2. The SMILES string of the molecule is CC[C@@H](Oc1ccccc1F)C(=O)Nc1cccc(C(=O)OC)c1. The van der Waals surface area contributed by atoms with E-state index in [0.29, 0.717) is 17.7 Å². The Balaban J connectivity index is 2.09. The number of esters is 1. The third-order valence-electron chi connectivity index (χ3n) is 3.32. The van der Waals surface area contributed by atoms with Crippen molar-refractivity contribution in [3.63, 3.8) is 0 Å². The Morgan fingerprint density at radius 1 is 1.17 bits per heavy atom. The van der Waals surface area contributed by atoms with Crippen LogP contribution in [0.25, 0.3) is 0 Å². The van der Waals surface area contributed by atoms with Crippen molar-refractivity contribution in [2.24, 2.45) is 0 Å². The minimum Gasteiger partial charge on any atom is -0.478 e. The van der Waals surface area contributed by atoms with Gasteiger partial charge in [-0.1, -0.05) is 25.1 Å². The van der Waals surface area contributed by atoms with Gasteiger partial charge >= 0.3 is 5.97 Å². The van der Waals surface area contributed by atoms with Crippen molar-refractivity contribution in [2.75, 3.05) is 12.4 Å². The van der Waals surface area contributed by atoms with Crippen molar-refractivity contribution >= 4 is 17.6 Å². The van der Waals surface area contributed by atoms with Crippen LogP contribution in [0.2, 0.25) is 0 Å². The molecule has 0 spiro atoms. The summed E-state index contributed by atoms with van der Waals surface area (Å²) in [5.74, 6) is -1.44. The molecule has 1 amide bonds. The predicted molar refractivity (Wildman–Crippen MR) is 87.5 cm³/mol. The van der Waals surface area contributed by atoms with E-state index >= 15 is 0 Å². The number of nitrogens with one attached hydrogen (secondary N) is 1. The predicted octanol–water partition coefficient (Wildman–Crippen LogP) is 3.41. The summed E-state index contributed by atoms with van der Waals surface area (Å²) in [5, 5.41) is 2.66. The second-order valence-corrected chi connectivity index (χ2v) is 5.01. The highest BCUT2D eigenvalue weighted by molar-refractivity contribution is 5.96. The maximum absolute atomic E-state index is 13.6.